The number of carbonyl (C=O) groups is 1. The van der Waals surface area contributed by atoms with Crippen molar-refractivity contribution in [1.29, 1.82) is 0 Å². The summed E-state index contributed by atoms with van der Waals surface area (Å²) in [6, 6.07) is 7.63. The summed E-state index contributed by atoms with van der Waals surface area (Å²) in [6.45, 7) is 5.92. The van der Waals surface area contributed by atoms with E-state index in [4.69, 9.17) is 5.73 Å². The van der Waals surface area contributed by atoms with Crippen LogP contribution in [-0.4, -0.2) is 11.9 Å². The van der Waals surface area contributed by atoms with Gasteiger partial charge in [0.05, 0.1) is 12.1 Å². The Labute approximate surface area is 97.0 Å². The van der Waals surface area contributed by atoms with E-state index in [0.717, 1.165) is 5.56 Å². The number of aryl methyl sites for hydroxylation is 1. The molecule has 0 aliphatic heterocycles. The van der Waals surface area contributed by atoms with Gasteiger partial charge in [-0.3, -0.25) is 4.79 Å². The minimum absolute atomic E-state index is 0.00583. The van der Waals surface area contributed by atoms with Crippen LogP contribution in [0.3, 0.4) is 0 Å². The van der Waals surface area contributed by atoms with Gasteiger partial charge in [0.2, 0.25) is 5.91 Å². The maximum atomic E-state index is 11.6. The molecule has 1 unspecified atom stereocenters. The molecule has 3 N–H and O–H groups in total. The molecular formula is C13H20N2O. The fourth-order valence-electron chi connectivity index (χ4n) is 1.66. The molecule has 1 aromatic rings. The Kier molecular flexibility index (Phi) is 4.50. The van der Waals surface area contributed by atoms with Crippen molar-refractivity contribution >= 4 is 5.91 Å². The van der Waals surface area contributed by atoms with E-state index in [-0.39, 0.29) is 11.9 Å². The molecule has 0 aromatic heterocycles. The van der Waals surface area contributed by atoms with Gasteiger partial charge in [-0.2, -0.15) is 0 Å². The second kappa shape index (κ2) is 5.66. The standard InChI is InChI=1S/C13H20N2O/c1-4-12(14)13(16)15-10(3)11-8-6-5-7-9(11)2/h5-8,10,12H,4,14H2,1-3H3,(H,15,16)/t10-,12?/m1/s1. The number of rotatable bonds is 4. The van der Waals surface area contributed by atoms with Gasteiger partial charge in [0.25, 0.3) is 0 Å². The Morgan fingerprint density at radius 1 is 1.44 bits per heavy atom. The SMILES string of the molecule is CCC(N)C(=O)N[C@H](C)c1ccccc1C. The summed E-state index contributed by atoms with van der Waals surface area (Å²) < 4.78 is 0. The predicted octanol–water partition coefficient (Wildman–Crippen LogP) is 1.91. The highest BCUT2D eigenvalue weighted by Crippen LogP contribution is 2.16. The van der Waals surface area contributed by atoms with Gasteiger partial charge < -0.3 is 11.1 Å². The summed E-state index contributed by atoms with van der Waals surface area (Å²) in [5, 5.41) is 2.92. The lowest BCUT2D eigenvalue weighted by Gasteiger charge is -2.18. The monoisotopic (exact) mass is 220 g/mol. The van der Waals surface area contributed by atoms with Crippen molar-refractivity contribution in [3.63, 3.8) is 0 Å². The molecule has 0 saturated carbocycles. The van der Waals surface area contributed by atoms with E-state index >= 15 is 0 Å². The first-order valence-corrected chi connectivity index (χ1v) is 5.67. The van der Waals surface area contributed by atoms with E-state index < -0.39 is 6.04 Å². The first-order valence-electron chi connectivity index (χ1n) is 5.67. The summed E-state index contributed by atoms with van der Waals surface area (Å²) in [7, 11) is 0. The topological polar surface area (TPSA) is 55.1 Å². The third-order valence-electron chi connectivity index (χ3n) is 2.79. The van der Waals surface area contributed by atoms with Gasteiger partial charge in [-0.15, -0.1) is 0 Å². The molecule has 0 bridgehead atoms. The highest BCUT2D eigenvalue weighted by Gasteiger charge is 2.15. The Balaban J connectivity index is 2.69. The molecule has 0 saturated heterocycles. The average Bonchev–Trinajstić information content (AvgIpc) is 2.28. The molecule has 2 atom stereocenters. The largest absolute Gasteiger partial charge is 0.348 e. The molecule has 0 aliphatic carbocycles. The number of hydrogen-bond donors (Lipinski definition) is 2. The molecule has 1 aromatic carbocycles. The number of carbonyl (C=O) groups excluding carboxylic acids is 1. The van der Waals surface area contributed by atoms with Crippen LogP contribution >= 0.6 is 0 Å². The van der Waals surface area contributed by atoms with Crippen molar-refractivity contribution in [3.05, 3.63) is 35.4 Å². The second-order valence-corrected chi connectivity index (χ2v) is 4.10. The zero-order valence-electron chi connectivity index (χ0n) is 10.2. The third-order valence-corrected chi connectivity index (χ3v) is 2.79. The third kappa shape index (κ3) is 3.07. The first-order chi connectivity index (χ1) is 7.56. The first kappa shape index (κ1) is 12.7. The maximum absolute atomic E-state index is 11.6. The van der Waals surface area contributed by atoms with E-state index in [0.29, 0.717) is 6.42 Å². The molecule has 3 heteroatoms. The summed E-state index contributed by atoms with van der Waals surface area (Å²) >= 11 is 0. The van der Waals surface area contributed by atoms with Crippen molar-refractivity contribution in [3.8, 4) is 0 Å². The normalized spacial score (nSPS) is 14.2. The number of hydrogen-bond acceptors (Lipinski definition) is 2. The summed E-state index contributed by atoms with van der Waals surface area (Å²) in [5.74, 6) is -0.0850. The summed E-state index contributed by atoms with van der Waals surface area (Å²) in [6.07, 6.45) is 0.659. The smallest absolute Gasteiger partial charge is 0.237 e. The van der Waals surface area contributed by atoms with E-state index in [9.17, 15) is 4.79 Å². The number of amides is 1. The Morgan fingerprint density at radius 2 is 2.06 bits per heavy atom. The minimum atomic E-state index is -0.411. The Morgan fingerprint density at radius 3 is 2.62 bits per heavy atom. The van der Waals surface area contributed by atoms with Crippen LogP contribution in [-0.2, 0) is 4.79 Å². The fraction of sp³-hybridized carbons (Fsp3) is 0.462. The van der Waals surface area contributed by atoms with E-state index in [2.05, 4.69) is 5.32 Å². The van der Waals surface area contributed by atoms with E-state index in [1.165, 1.54) is 5.56 Å². The van der Waals surface area contributed by atoms with Gasteiger partial charge in [-0.25, -0.2) is 0 Å². The molecular weight excluding hydrogens is 200 g/mol. The number of benzene rings is 1. The zero-order valence-corrected chi connectivity index (χ0v) is 10.2. The predicted molar refractivity (Wildman–Crippen MR) is 66.0 cm³/mol. The number of nitrogens with two attached hydrogens (primary N) is 1. The molecule has 3 nitrogen and oxygen atoms in total. The Hall–Kier alpha value is -1.35. The van der Waals surface area contributed by atoms with Crippen molar-refractivity contribution in [1.82, 2.24) is 5.32 Å². The van der Waals surface area contributed by atoms with E-state index in [1.807, 2.05) is 45.0 Å². The van der Waals surface area contributed by atoms with Crippen LogP contribution in [0.15, 0.2) is 24.3 Å². The van der Waals surface area contributed by atoms with Crippen LogP contribution in [0.4, 0.5) is 0 Å². The van der Waals surface area contributed by atoms with Crippen LogP contribution in [0, 0.1) is 6.92 Å². The van der Waals surface area contributed by atoms with Crippen molar-refractivity contribution < 1.29 is 4.79 Å². The van der Waals surface area contributed by atoms with Gasteiger partial charge in [-0.1, -0.05) is 31.2 Å². The fourth-order valence-corrected chi connectivity index (χ4v) is 1.66. The molecule has 0 fully saturated rings. The molecule has 88 valence electrons. The van der Waals surface area contributed by atoms with Crippen LogP contribution in [0.1, 0.15) is 37.4 Å². The van der Waals surface area contributed by atoms with Crippen molar-refractivity contribution in [2.45, 2.75) is 39.3 Å². The van der Waals surface area contributed by atoms with Gasteiger partial charge in [0.1, 0.15) is 0 Å². The Bertz CT molecular complexity index is 363. The molecule has 1 amide bonds. The van der Waals surface area contributed by atoms with Gasteiger partial charge in [0, 0.05) is 0 Å². The van der Waals surface area contributed by atoms with E-state index in [1.54, 1.807) is 0 Å². The van der Waals surface area contributed by atoms with Crippen LogP contribution in [0.2, 0.25) is 0 Å². The zero-order chi connectivity index (χ0) is 12.1. The van der Waals surface area contributed by atoms with Crippen molar-refractivity contribution in [2.75, 3.05) is 0 Å². The average molecular weight is 220 g/mol. The van der Waals surface area contributed by atoms with Crippen molar-refractivity contribution in [2.24, 2.45) is 5.73 Å². The highest BCUT2D eigenvalue weighted by atomic mass is 16.2. The lowest BCUT2D eigenvalue weighted by Crippen LogP contribution is -2.41. The molecule has 1 rings (SSSR count). The molecule has 0 aliphatic rings. The molecule has 0 heterocycles. The quantitative estimate of drug-likeness (QED) is 0.814. The van der Waals surface area contributed by atoms with Crippen LogP contribution < -0.4 is 11.1 Å². The van der Waals surface area contributed by atoms with Crippen LogP contribution in [0.25, 0.3) is 0 Å². The maximum Gasteiger partial charge on any atom is 0.237 e. The lowest BCUT2D eigenvalue weighted by molar-refractivity contribution is -0.123. The molecule has 0 radical (unpaired) electrons. The lowest BCUT2D eigenvalue weighted by atomic mass is 10.0. The van der Waals surface area contributed by atoms with Gasteiger partial charge in [-0.05, 0) is 31.4 Å². The highest BCUT2D eigenvalue weighted by molar-refractivity contribution is 5.81. The van der Waals surface area contributed by atoms with Gasteiger partial charge >= 0.3 is 0 Å². The minimum Gasteiger partial charge on any atom is -0.348 e. The summed E-state index contributed by atoms with van der Waals surface area (Å²) in [5.41, 5.74) is 7.99. The number of nitrogens with one attached hydrogen (secondary N) is 1. The second-order valence-electron chi connectivity index (χ2n) is 4.10. The summed E-state index contributed by atoms with van der Waals surface area (Å²) in [4.78, 5) is 11.6. The molecule has 16 heavy (non-hydrogen) atoms. The molecule has 0 spiro atoms. The van der Waals surface area contributed by atoms with Gasteiger partial charge in [0.15, 0.2) is 0 Å². The van der Waals surface area contributed by atoms with Crippen LogP contribution in [0.5, 0.6) is 0 Å².